The van der Waals surface area contributed by atoms with Crippen LogP contribution in [-0.2, 0) is 0 Å². The Bertz CT molecular complexity index is 880. The Morgan fingerprint density at radius 3 is 2.47 bits per heavy atom. The van der Waals surface area contributed by atoms with Gasteiger partial charge in [0, 0.05) is 24.7 Å². The van der Waals surface area contributed by atoms with Crippen molar-refractivity contribution in [2.75, 3.05) is 26.4 Å². The summed E-state index contributed by atoms with van der Waals surface area (Å²) in [6.07, 6.45) is 3.78. The Hall–Kier alpha value is -2.34. The van der Waals surface area contributed by atoms with E-state index in [2.05, 4.69) is 35.9 Å². The first-order chi connectivity index (χ1) is 14.4. The summed E-state index contributed by atoms with van der Waals surface area (Å²) in [5.41, 5.74) is 2.18. The summed E-state index contributed by atoms with van der Waals surface area (Å²) >= 11 is 0. The molecule has 0 spiro atoms. The van der Waals surface area contributed by atoms with Crippen LogP contribution in [-0.4, -0.2) is 47.6 Å². The molecule has 2 aliphatic heterocycles. The van der Waals surface area contributed by atoms with Gasteiger partial charge in [0.1, 0.15) is 6.10 Å². The summed E-state index contributed by atoms with van der Waals surface area (Å²) in [5, 5.41) is 8.69. The molecule has 2 fully saturated rings. The minimum absolute atomic E-state index is 0.260. The summed E-state index contributed by atoms with van der Waals surface area (Å²) in [7, 11) is 0. The summed E-state index contributed by atoms with van der Waals surface area (Å²) in [5.74, 6) is 3.67. The molecule has 6 nitrogen and oxygen atoms in total. The number of aromatic nitrogens is 2. The molecular weight excluding hydrogens is 378 g/mol. The Balaban J connectivity index is 1.15. The third kappa shape index (κ3) is 4.24. The van der Waals surface area contributed by atoms with E-state index in [1.807, 2.05) is 30.3 Å². The highest BCUT2D eigenvalue weighted by atomic mass is 16.7. The number of fused-ring (bicyclic) bond motifs is 2. The van der Waals surface area contributed by atoms with Gasteiger partial charge in [0.05, 0.1) is 5.69 Å². The summed E-state index contributed by atoms with van der Waals surface area (Å²) in [6, 6.07) is 9.71. The Labute approximate surface area is 178 Å². The maximum Gasteiger partial charge on any atom is 0.233 e. The second-order valence-electron chi connectivity index (χ2n) is 10.1. The van der Waals surface area contributed by atoms with Gasteiger partial charge in [0.2, 0.25) is 12.7 Å². The minimum Gasteiger partial charge on any atom is -0.473 e. The molecule has 1 saturated heterocycles. The lowest BCUT2D eigenvalue weighted by Crippen LogP contribution is -2.28. The van der Waals surface area contributed by atoms with E-state index in [0.29, 0.717) is 11.3 Å². The number of nitrogens with zero attached hydrogens (tertiary/aromatic N) is 3. The molecule has 2 unspecified atom stereocenters. The first kappa shape index (κ1) is 19.6. The van der Waals surface area contributed by atoms with Crippen molar-refractivity contribution in [1.82, 2.24) is 15.1 Å². The fourth-order valence-corrected chi connectivity index (χ4v) is 4.88. The monoisotopic (exact) mass is 409 g/mol. The van der Waals surface area contributed by atoms with Crippen LogP contribution in [0.2, 0.25) is 0 Å². The van der Waals surface area contributed by atoms with Crippen LogP contribution in [0.25, 0.3) is 11.3 Å². The molecule has 1 aromatic heterocycles. The highest BCUT2D eigenvalue weighted by Gasteiger charge is 2.41. The van der Waals surface area contributed by atoms with Gasteiger partial charge in [-0.1, -0.05) is 20.8 Å². The highest BCUT2D eigenvalue weighted by molar-refractivity contribution is 5.64. The number of hydrogen-bond acceptors (Lipinski definition) is 6. The van der Waals surface area contributed by atoms with E-state index in [0.717, 1.165) is 47.4 Å². The minimum atomic E-state index is 0.260. The van der Waals surface area contributed by atoms with Gasteiger partial charge in [0.25, 0.3) is 0 Å². The van der Waals surface area contributed by atoms with E-state index in [1.54, 1.807) is 0 Å². The van der Waals surface area contributed by atoms with E-state index in [9.17, 15) is 0 Å². The summed E-state index contributed by atoms with van der Waals surface area (Å²) in [6.45, 7) is 10.9. The zero-order chi connectivity index (χ0) is 20.7. The van der Waals surface area contributed by atoms with Crippen LogP contribution in [0.3, 0.4) is 0 Å². The fraction of sp³-hybridized carbons (Fsp3) is 0.583. The van der Waals surface area contributed by atoms with Crippen LogP contribution in [0.15, 0.2) is 30.3 Å². The average molecular weight is 410 g/mol. The summed E-state index contributed by atoms with van der Waals surface area (Å²) < 4.78 is 17.0. The number of rotatable bonds is 5. The number of ether oxygens (including phenoxy) is 3. The van der Waals surface area contributed by atoms with Crippen molar-refractivity contribution >= 4 is 0 Å². The van der Waals surface area contributed by atoms with Gasteiger partial charge in [-0.15, -0.1) is 10.2 Å². The van der Waals surface area contributed by atoms with Gasteiger partial charge in [-0.2, -0.15) is 0 Å². The number of benzene rings is 1. The van der Waals surface area contributed by atoms with Crippen molar-refractivity contribution in [3.63, 3.8) is 0 Å². The van der Waals surface area contributed by atoms with Crippen molar-refractivity contribution in [2.24, 2.45) is 17.3 Å². The van der Waals surface area contributed by atoms with Crippen molar-refractivity contribution < 1.29 is 14.2 Å². The Morgan fingerprint density at radius 2 is 1.77 bits per heavy atom. The normalized spacial score (nSPS) is 25.5. The van der Waals surface area contributed by atoms with Crippen LogP contribution < -0.4 is 14.2 Å². The molecule has 6 heteroatoms. The Morgan fingerprint density at radius 1 is 1.00 bits per heavy atom. The molecular formula is C24H31N3O3. The Kier molecular flexibility index (Phi) is 5.05. The van der Waals surface area contributed by atoms with Gasteiger partial charge >= 0.3 is 0 Å². The lowest BCUT2D eigenvalue weighted by Gasteiger charge is -2.24. The maximum absolute atomic E-state index is 6.19. The SMILES string of the molecule is CC(C)(C)CCN1CC2CC(Oc3ccc(-c4ccc5c(c4)OCO5)nn3)CC2C1. The van der Waals surface area contributed by atoms with Crippen LogP contribution >= 0.6 is 0 Å². The summed E-state index contributed by atoms with van der Waals surface area (Å²) in [4.78, 5) is 2.65. The third-order valence-electron chi connectivity index (χ3n) is 6.56. The van der Waals surface area contributed by atoms with Crippen LogP contribution in [0.1, 0.15) is 40.0 Å². The van der Waals surface area contributed by atoms with Crippen LogP contribution in [0.4, 0.5) is 0 Å². The second-order valence-corrected chi connectivity index (χ2v) is 10.1. The van der Waals surface area contributed by atoms with Crippen LogP contribution in [0, 0.1) is 17.3 Å². The molecule has 1 aromatic carbocycles. The lowest BCUT2D eigenvalue weighted by molar-refractivity contribution is 0.173. The molecule has 2 atom stereocenters. The second kappa shape index (κ2) is 7.73. The van der Waals surface area contributed by atoms with E-state index in [4.69, 9.17) is 14.2 Å². The molecule has 3 heterocycles. The largest absolute Gasteiger partial charge is 0.473 e. The molecule has 3 aliphatic rings. The van der Waals surface area contributed by atoms with Crippen LogP contribution in [0.5, 0.6) is 17.4 Å². The van der Waals surface area contributed by atoms with Crippen molar-refractivity contribution in [1.29, 1.82) is 0 Å². The van der Waals surface area contributed by atoms with Gasteiger partial charge in [-0.25, -0.2) is 0 Å². The van der Waals surface area contributed by atoms with Gasteiger partial charge in [-0.05, 0) is 67.3 Å². The van der Waals surface area contributed by atoms with E-state index in [-0.39, 0.29) is 12.9 Å². The molecule has 0 amide bonds. The van der Waals surface area contributed by atoms with E-state index < -0.39 is 0 Å². The van der Waals surface area contributed by atoms with Gasteiger partial charge in [0.15, 0.2) is 11.5 Å². The molecule has 30 heavy (non-hydrogen) atoms. The predicted molar refractivity (Wildman–Crippen MR) is 115 cm³/mol. The maximum atomic E-state index is 6.19. The molecule has 5 rings (SSSR count). The zero-order valence-electron chi connectivity index (χ0n) is 18.1. The fourth-order valence-electron chi connectivity index (χ4n) is 4.88. The van der Waals surface area contributed by atoms with Crippen molar-refractivity contribution in [2.45, 2.75) is 46.1 Å². The van der Waals surface area contributed by atoms with Crippen molar-refractivity contribution in [3.05, 3.63) is 30.3 Å². The molecule has 0 N–H and O–H groups in total. The molecule has 1 aliphatic carbocycles. The molecule has 1 saturated carbocycles. The van der Waals surface area contributed by atoms with E-state index >= 15 is 0 Å². The standard InChI is InChI=1S/C24H31N3O3/c1-24(2,3)8-9-27-13-17-10-19(11-18(17)14-27)30-23-7-5-20(25-26-23)16-4-6-21-22(12-16)29-15-28-21/h4-7,12,17-19H,8-11,13-15H2,1-3H3. The van der Waals surface area contributed by atoms with E-state index in [1.165, 1.54) is 26.1 Å². The zero-order valence-corrected chi connectivity index (χ0v) is 18.1. The molecule has 2 aromatic rings. The first-order valence-corrected chi connectivity index (χ1v) is 11.1. The predicted octanol–water partition coefficient (Wildman–Crippen LogP) is 4.40. The highest BCUT2D eigenvalue weighted by Crippen LogP contribution is 2.40. The van der Waals surface area contributed by atoms with Gasteiger partial charge in [-0.3, -0.25) is 0 Å². The number of hydrogen-bond donors (Lipinski definition) is 0. The topological polar surface area (TPSA) is 56.7 Å². The molecule has 160 valence electrons. The first-order valence-electron chi connectivity index (χ1n) is 11.1. The molecule has 0 bridgehead atoms. The third-order valence-corrected chi connectivity index (χ3v) is 6.56. The van der Waals surface area contributed by atoms with Gasteiger partial charge < -0.3 is 19.1 Å². The average Bonchev–Trinajstić information content (AvgIpc) is 3.40. The number of likely N-dealkylation sites (tertiary alicyclic amines) is 1. The lowest BCUT2D eigenvalue weighted by atomic mass is 9.92. The van der Waals surface area contributed by atoms with Crippen molar-refractivity contribution in [3.8, 4) is 28.6 Å². The smallest absolute Gasteiger partial charge is 0.233 e. The quantitative estimate of drug-likeness (QED) is 0.730. The molecule has 0 radical (unpaired) electrons.